The molecule has 1 aromatic heterocycles. The van der Waals surface area contributed by atoms with Crippen LogP contribution in [-0.2, 0) is 11.2 Å². The second-order valence-corrected chi connectivity index (χ2v) is 7.17. The van der Waals surface area contributed by atoms with Gasteiger partial charge in [0.05, 0.1) is 5.60 Å². The van der Waals surface area contributed by atoms with Crippen molar-refractivity contribution in [1.29, 1.82) is 0 Å². The molecule has 0 aromatic carbocycles. The highest BCUT2D eigenvalue weighted by Crippen LogP contribution is 2.38. The van der Waals surface area contributed by atoms with Crippen LogP contribution in [0.2, 0.25) is 0 Å². The fourth-order valence-electron chi connectivity index (χ4n) is 3.43. The van der Waals surface area contributed by atoms with Crippen molar-refractivity contribution >= 4 is 17.2 Å². The average molecular weight is 309 g/mol. The Morgan fingerprint density at radius 2 is 2.19 bits per heavy atom. The molecule has 1 N–H and O–H groups in total. The average Bonchev–Trinajstić information content (AvgIpc) is 2.97. The number of hydrogen-bond donors (Lipinski definition) is 1. The van der Waals surface area contributed by atoms with Gasteiger partial charge in [-0.25, -0.2) is 0 Å². The van der Waals surface area contributed by atoms with E-state index in [4.69, 9.17) is 4.74 Å². The summed E-state index contributed by atoms with van der Waals surface area (Å²) in [5.41, 5.74) is 0.0180. The predicted molar refractivity (Wildman–Crippen MR) is 81.5 cm³/mol. The van der Waals surface area contributed by atoms with Gasteiger partial charge in [0.2, 0.25) is 5.01 Å². The van der Waals surface area contributed by atoms with Gasteiger partial charge in [-0.1, -0.05) is 37.5 Å². The van der Waals surface area contributed by atoms with E-state index in [9.17, 15) is 4.79 Å². The highest BCUT2D eigenvalue weighted by Gasteiger charge is 2.39. The van der Waals surface area contributed by atoms with Crippen LogP contribution in [0.15, 0.2) is 0 Å². The molecule has 1 spiro atoms. The van der Waals surface area contributed by atoms with Gasteiger partial charge in [0.1, 0.15) is 5.01 Å². The fraction of sp³-hybridized carbons (Fsp3) is 0.800. The lowest BCUT2D eigenvalue weighted by molar-refractivity contribution is -0.107. The molecule has 2 aliphatic rings. The molecule has 1 unspecified atom stereocenters. The van der Waals surface area contributed by atoms with E-state index < -0.39 is 0 Å². The maximum atomic E-state index is 12.3. The topological polar surface area (TPSA) is 64.1 Å². The number of carbonyl (C=O) groups excluding carboxylic acids is 1. The molecule has 1 saturated carbocycles. The van der Waals surface area contributed by atoms with Crippen molar-refractivity contribution in [2.45, 2.75) is 69.9 Å². The van der Waals surface area contributed by atoms with E-state index in [1.807, 2.05) is 6.92 Å². The molecule has 1 saturated heterocycles. The van der Waals surface area contributed by atoms with Crippen LogP contribution < -0.4 is 5.32 Å². The van der Waals surface area contributed by atoms with Crippen molar-refractivity contribution in [2.75, 3.05) is 6.61 Å². The molecule has 5 nitrogen and oxygen atoms in total. The van der Waals surface area contributed by atoms with E-state index in [1.165, 1.54) is 30.6 Å². The Morgan fingerprint density at radius 3 is 2.90 bits per heavy atom. The van der Waals surface area contributed by atoms with Crippen molar-refractivity contribution in [3.05, 3.63) is 10.0 Å². The Balaban J connectivity index is 1.60. The quantitative estimate of drug-likeness (QED) is 0.932. The Bertz CT molecular complexity index is 491. The summed E-state index contributed by atoms with van der Waals surface area (Å²) < 4.78 is 6.07. The number of ether oxygens (including phenoxy) is 1. The highest BCUT2D eigenvalue weighted by atomic mass is 32.1. The van der Waals surface area contributed by atoms with Gasteiger partial charge in [-0.3, -0.25) is 4.79 Å². The van der Waals surface area contributed by atoms with Crippen molar-refractivity contribution < 1.29 is 9.53 Å². The summed E-state index contributed by atoms with van der Waals surface area (Å²) in [6.45, 7) is 2.77. The van der Waals surface area contributed by atoms with Gasteiger partial charge in [-0.05, 0) is 32.1 Å². The number of hydrogen-bond acceptors (Lipinski definition) is 5. The first kappa shape index (κ1) is 14.9. The maximum absolute atomic E-state index is 12.3. The Morgan fingerprint density at radius 1 is 1.38 bits per heavy atom. The van der Waals surface area contributed by atoms with E-state index in [0.29, 0.717) is 5.01 Å². The van der Waals surface area contributed by atoms with E-state index in [2.05, 4.69) is 15.5 Å². The lowest BCUT2D eigenvalue weighted by atomic mass is 9.78. The predicted octanol–water partition coefficient (Wildman–Crippen LogP) is 2.71. The summed E-state index contributed by atoms with van der Waals surface area (Å²) in [4.78, 5) is 12.3. The number of aryl methyl sites for hydroxylation is 1. The van der Waals surface area contributed by atoms with Crippen LogP contribution in [0.25, 0.3) is 0 Å². The Labute approximate surface area is 129 Å². The second kappa shape index (κ2) is 6.40. The molecule has 1 atom stereocenters. The molecule has 1 aromatic rings. The van der Waals surface area contributed by atoms with Crippen molar-refractivity contribution in [3.63, 3.8) is 0 Å². The van der Waals surface area contributed by atoms with Gasteiger partial charge in [-0.2, -0.15) is 0 Å². The molecule has 21 heavy (non-hydrogen) atoms. The maximum Gasteiger partial charge on any atom is 0.282 e. The number of amides is 1. The van der Waals surface area contributed by atoms with Crippen LogP contribution in [0.5, 0.6) is 0 Å². The van der Waals surface area contributed by atoms with Gasteiger partial charge in [0, 0.05) is 12.6 Å². The van der Waals surface area contributed by atoms with E-state index in [0.717, 1.165) is 43.7 Å². The molecule has 1 aliphatic carbocycles. The van der Waals surface area contributed by atoms with E-state index in [1.54, 1.807) is 0 Å². The van der Waals surface area contributed by atoms with E-state index in [-0.39, 0.29) is 17.6 Å². The summed E-state index contributed by atoms with van der Waals surface area (Å²) in [5.74, 6) is -0.0786. The van der Waals surface area contributed by atoms with Crippen LogP contribution in [0.3, 0.4) is 0 Å². The minimum Gasteiger partial charge on any atom is -0.375 e. The van der Waals surface area contributed by atoms with Crippen molar-refractivity contribution in [1.82, 2.24) is 15.5 Å². The molecule has 1 amide bonds. The van der Waals surface area contributed by atoms with Crippen LogP contribution in [0.4, 0.5) is 0 Å². The van der Waals surface area contributed by atoms with Gasteiger partial charge in [-0.15, -0.1) is 10.2 Å². The third-order valence-electron chi connectivity index (χ3n) is 4.56. The molecule has 0 bridgehead atoms. The summed E-state index contributed by atoms with van der Waals surface area (Å²) in [7, 11) is 0. The first-order valence-corrected chi connectivity index (χ1v) is 8.80. The molecule has 2 fully saturated rings. The molecule has 0 radical (unpaired) electrons. The van der Waals surface area contributed by atoms with Gasteiger partial charge < -0.3 is 10.1 Å². The normalized spacial score (nSPS) is 24.9. The first-order valence-electron chi connectivity index (χ1n) is 7.98. The summed E-state index contributed by atoms with van der Waals surface area (Å²) in [5, 5.41) is 12.5. The lowest BCUT2D eigenvalue weighted by Gasteiger charge is -2.43. The minimum atomic E-state index is -0.0786. The summed E-state index contributed by atoms with van der Waals surface area (Å²) in [6, 6.07) is 0.207. The van der Waals surface area contributed by atoms with Crippen LogP contribution >= 0.6 is 11.3 Å². The molecule has 2 heterocycles. The third-order valence-corrected chi connectivity index (χ3v) is 5.62. The van der Waals surface area contributed by atoms with E-state index >= 15 is 0 Å². The van der Waals surface area contributed by atoms with Gasteiger partial charge in [0.25, 0.3) is 5.91 Å². The minimum absolute atomic E-state index is 0.0180. The summed E-state index contributed by atoms with van der Waals surface area (Å²) >= 11 is 1.39. The molecule has 116 valence electrons. The van der Waals surface area contributed by atoms with Crippen LogP contribution in [0, 0.1) is 0 Å². The number of aromatic nitrogens is 2. The highest BCUT2D eigenvalue weighted by molar-refractivity contribution is 7.13. The standard InChI is InChI=1S/C15H23N3O2S/c1-2-12-17-18-14(21-12)13(19)16-11-6-9-20-15(10-11)7-4-3-5-8-15/h11H,2-10H2,1H3,(H,16,19). The monoisotopic (exact) mass is 309 g/mol. The zero-order chi connectivity index (χ0) is 14.7. The SMILES string of the molecule is CCc1nnc(C(=O)NC2CCOC3(CCCCC3)C2)s1. The zero-order valence-corrected chi connectivity index (χ0v) is 13.4. The molecule has 3 rings (SSSR count). The van der Waals surface area contributed by atoms with Gasteiger partial charge >= 0.3 is 0 Å². The van der Waals surface area contributed by atoms with Crippen LogP contribution in [0.1, 0.15) is 66.7 Å². The van der Waals surface area contributed by atoms with Crippen LogP contribution in [-0.4, -0.2) is 34.4 Å². The first-order chi connectivity index (χ1) is 10.2. The Kier molecular flexibility index (Phi) is 4.54. The number of rotatable bonds is 3. The van der Waals surface area contributed by atoms with Gasteiger partial charge in [0.15, 0.2) is 0 Å². The number of carbonyl (C=O) groups is 1. The number of nitrogens with zero attached hydrogens (tertiary/aromatic N) is 2. The Hall–Kier alpha value is -1.01. The molecular weight excluding hydrogens is 286 g/mol. The largest absolute Gasteiger partial charge is 0.375 e. The molecular formula is C15H23N3O2S. The lowest BCUT2D eigenvalue weighted by Crippen LogP contribution is -2.49. The summed E-state index contributed by atoms with van der Waals surface area (Å²) in [6.07, 6.45) is 8.74. The number of nitrogens with one attached hydrogen (secondary N) is 1. The smallest absolute Gasteiger partial charge is 0.282 e. The molecule has 1 aliphatic heterocycles. The third kappa shape index (κ3) is 3.43. The fourth-order valence-corrected chi connectivity index (χ4v) is 4.11. The van der Waals surface area contributed by atoms with Crippen molar-refractivity contribution in [2.24, 2.45) is 0 Å². The molecule has 6 heteroatoms. The second-order valence-electron chi connectivity index (χ2n) is 6.11. The van der Waals surface area contributed by atoms with Crippen molar-refractivity contribution in [3.8, 4) is 0 Å². The zero-order valence-electron chi connectivity index (χ0n) is 12.6.